The van der Waals surface area contributed by atoms with Crippen molar-refractivity contribution in [1.29, 1.82) is 0 Å². The first-order chi connectivity index (χ1) is 13.8. The second-order valence-corrected chi connectivity index (χ2v) is 10.5. The summed E-state index contributed by atoms with van der Waals surface area (Å²) in [6, 6.07) is 0. The molecule has 4 rings (SSSR count). The Morgan fingerprint density at radius 2 is 1.93 bits per heavy atom. The van der Waals surface area contributed by atoms with Gasteiger partial charge in [-0.05, 0) is 63.5 Å². The lowest BCUT2D eigenvalue weighted by Gasteiger charge is -2.62. The summed E-state index contributed by atoms with van der Waals surface area (Å²) < 4.78 is 17.0. The lowest BCUT2D eigenvalue weighted by molar-refractivity contribution is -0.218. The fourth-order valence-electron chi connectivity index (χ4n) is 7.50. The number of carbonyl (C=O) groups is 3. The summed E-state index contributed by atoms with van der Waals surface area (Å²) in [5, 5.41) is 22.9. The van der Waals surface area contributed by atoms with Crippen molar-refractivity contribution in [3.8, 4) is 0 Å². The van der Waals surface area contributed by atoms with Crippen LogP contribution in [0, 0.1) is 28.6 Å². The van der Waals surface area contributed by atoms with E-state index < -0.39 is 45.8 Å². The van der Waals surface area contributed by atoms with E-state index in [1.54, 1.807) is 26.8 Å². The summed E-state index contributed by atoms with van der Waals surface area (Å²) in [7, 11) is 0. The Balaban J connectivity index is 1.80. The lowest BCUT2D eigenvalue weighted by atomic mass is 9.44. The van der Waals surface area contributed by atoms with Crippen molar-refractivity contribution >= 4 is 17.3 Å². The van der Waals surface area contributed by atoms with Gasteiger partial charge in [0.1, 0.15) is 11.4 Å². The van der Waals surface area contributed by atoms with Crippen LogP contribution in [-0.2, 0) is 14.4 Å². The van der Waals surface area contributed by atoms with Gasteiger partial charge in [-0.3, -0.25) is 14.4 Å². The molecule has 0 aliphatic heterocycles. The van der Waals surface area contributed by atoms with Crippen LogP contribution in [0.1, 0.15) is 59.8 Å². The number of fused-ring (bicyclic) bond motifs is 5. The summed E-state index contributed by atoms with van der Waals surface area (Å²) >= 11 is 0. The molecule has 30 heavy (non-hydrogen) atoms. The zero-order valence-corrected chi connectivity index (χ0v) is 18.1. The topological polar surface area (TPSA) is 91.7 Å². The van der Waals surface area contributed by atoms with Gasteiger partial charge in [0.2, 0.25) is 0 Å². The molecule has 0 heterocycles. The number of rotatable bonds is 3. The van der Waals surface area contributed by atoms with Gasteiger partial charge in [-0.2, -0.15) is 0 Å². The van der Waals surface area contributed by atoms with E-state index in [0.29, 0.717) is 24.8 Å². The van der Waals surface area contributed by atoms with Crippen molar-refractivity contribution in [1.82, 2.24) is 0 Å². The molecule has 0 amide bonds. The van der Waals surface area contributed by atoms with Crippen LogP contribution >= 0.6 is 0 Å². The molecular formula is C24H31FO5. The number of alkyl halides is 1. The van der Waals surface area contributed by atoms with Gasteiger partial charge in [0, 0.05) is 16.7 Å². The Morgan fingerprint density at radius 3 is 2.57 bits per heavy atom. The molecule has 164 valence electrons. The minimum Gasteiger partial charge on any atom is -0.390 e. The van der Waals surface area contributed by atoms with Gasteiger partial charge in [0.05, 0.1) is 12.5 Å². The molecule has 5 nitrogen and oxygen atoms in total. The molecule has 6 heteroatoms. The Kier molecular flexibility index (Phi) is 4.62. The highest BCUT2D eigenvalue weighted by atomic mass is 19.1. The van der Waals surface area contributed by atoms with E-state index in [0.717, 1.165) is 0 Å². The first kappa shape index (κ1) is 21.6. The number of Topliss-reactive ketones (excluding diaryl/α,β-unsaturated/α-hetero) is 2. The smallest absolute Gasteiger partial charge is 0.178 e. The van der Waals surface area contributed by atoms with Gasteiger partial charge >= 0.3 is 0 Å². The number of allylic oxidation sites excluding steroid dienone is 4. The molecule has 0 saturated heterocycles. The predicted molar refractivity (Wildman–Crippen MR) is 108 cm³/mol. The minimum atomic E-state index is -1.99. The van der Waals surface area contributed by atoms with Crippen LogP contribution in [0.15, 0.2) is 23.8 Å². The highest BCUT2D eigenvalue weighted by molar-refractivity contribution is 6.03. The molecule has 3 saturated carbocycles. The molecule has 0 aromatic heterocycles. The third-order valence-electron chi connectivity index (χ3n) is 9.06. The molecule has 0 aromatic rings. The van der Waals surface area contributed by atoms with E-state index >= 15 is 4.39 Å². The molecule has 4 aliphatic carbocycles. The van der Waals surface area contributed by atoms with E-state index in [1.807, 2.05) is 0 Å². The second-order valence-electron chi connectivity index (χ2n) is 10.5. The molecule has 0 spiro atoms. The van der Waals surface area contributed by atoms with Crippen LogP contribution in [0.5, 0.6) is 0 Å². The number of carbonyl (C=O) groups excluding carboxylic acids is 3. The fraction of sp³-hybridized carbons (Fsp3) is 0.708. The number of halogens is 1. The van der Waals surface area contributed by atoms with Gasteiger partial charge in [0.15, 0.2) is 17.2 Å². The highest BCUT2D eigenvalue weighted by Crippen LogP contribution is 2.70. The van der Waals surface area contributed by atoms with Crippen molar-refractivity contribution < 1.29 is 29.0 Å². The number of hydrogen-bond donors (Lipinski definition) is 2. The van der Waals surface area contributed by atoms with Gasteiger partial charge in [-0.25, -0.2) is 4.39 Å². The fourth-order valence-corrected chi connectivity index (χ4v) is 7.50. The maximum Gasteiger partial charge on any atom is 0.178 e. The lowest BCUT2D eigenvalue weighted by Crippen LogP contribution is -2.69. The molecule has 2 N–H and O–H groups in total. The average Bonchev–Trinajstić information content (AvgIpc) is 2.85. The van der Waals surface area contributed by atoms with Gasteiger partial charge < -0.3 is 10.2 Å². The van der Waals surface area contributed by atoms with Crippen molar-refractivity contribution in [3.05, 3.63) is 23.8 Å². The summed E-state index contributed by atoms with van der Waals surface area (Å²) in [5.41, 5.74) is -5.19. The molecule has 8 atom stereocenters. The standard InChI is InChI=1S/C24H31FO5/c1-13-9-18-17-6-5-15-11-16(27)7-8-21(15,3)23(17,25)20(29)12-22(18,4)24(13,30)19(28)10-14(2)26/h7-8,11,13,17-18,20,29-30H,5-6,9-10,12H2,1-4H3/t13-,17-,18-,20-,21-,22-,23-,24-/m0/s1. The van der Waals surface area contributed by atoms with Crippen molar-refractivity contribution in [2.45, 2.75) is 77.2 Å². The molecule has 4 aliphatic rings. The van der Waals surface area contributed by atoms with E-state index in [1.165, 1.54) is 19.1 Å². The maximum absolute atomic E-state index is 17.0. The monoisotopic (exact) mass is 418 g/mol. The van der Waals surface area contributed by atoms with E-state index in [2.05, 4.69) is 0 Å². The molecular weight excluding hydrogens is 387 g/mol. The largest absolute Gasteiger partial charge is 0.390 e. The third kappa shape index (κ3) is 2.38. The third-order valence-corrected chi connectivity index (χ3v) is 9.06. The second kappa shape index (κ2) is 6.42. The quantitative estimate of drug-likeness (QED) is 0.688. The normalized spacial score (nSPS) is 49.7. The first-order valence-corrected chi connectivity index (χ1v) is 10.9. The van der Waals surface area contributed by atoms with Crippen molar-refractivity contribution in [3.63, 3.8) is 0 Å². The van der Waals surface area contributed by atoms with E-state index in [-0.39, 0.29) is 30.3 Å². The van der Waals surface area contributed by atoms with E-state index in [4.69, 9.17) is 0 Å². The van der Waals surface area contributed by atoms with Crippen LogP contribution < -0.4 is 0 Å². The SMILES string of the molecule is CC(=O)CC(=O)[C@@]1(O)[C@@H](C)C[C@H]2[C@@H]3CCC4=CC(=O)C=C[C@]4(C)[C@@]3(F)[C@@H](O)C[C@@]21C. The maximum atomic E-state index is 17.0. The summed E-state index contributed by atoms with van der Waals surface area (Å²) in [6.07, 6.45) is 4.05. The van der Waals surface area contributed by atoms with Crippen LogP contribution in [-0.4, -0.2) is 44.9 Å². The molecule has 0 radical (unpaired) electrons. The molecule has 0 bridgehead atoms. The Hall–Kier alpha value is -1.66. The summed E-state index contributed by atoms with van der Waals surface area (Å²) in [4.78, 5) is 36.5. The van der Waals surface area contributed by atoms with E-state index in [9.17, 15) is 24.6 Å². The Morgan fingerprint density at radius 1 is 1.27 bits per heavy atom. The zero-order valence-electron chi connectivity index (χ0n) is 18.1. The number of aliphatic hydroxyl groups is 2. The zero-order chi connectivity index (χ0) is 22.3. The average molecular weight is 419 g/mol. The molecule has 0 unspecified atom stereocenters. The first-order valence-electron chi connectivity index (χ1n) is 10.9. The van der Waals surface area contributed by atoms with Crippen LogP contribution in [0.3, 0.4) is 0 Å². The van der Waals surface area contributed by atoms with Crippen LogP contribution in [0.2, 0.25) is 0 Å². The molecule has 3 fully saturated rings. The summed E-state index contributed by atoms with van der Waals surface area (Å²) in [5.74, 6) is -2.34. The van der Waals surface area contributed by atoms with Crippen LogP contribution in [0.4, 0.5) is 4.39 Å². The molecule has 0 aromatic carbocycles. The Labute approximate surface area is 176 Å². The number of ketones is 3. The van der Waals surface area contributed by atoms with Gasteiger partial charge in [-0.15, -0.1) is 0 Å². The van der Waals surface area contributed by atoms with Crippen molar-refractivity contribution in [2.75, 3.05) is 0 Å². The van der Waals surface area contributed by atoms with Gasteiger partial charge in [-0.1, -0.05) is 25.5 Å². The summed E-state index contributed by atoms with van der Waals surface area (Å²) in [6.45, 7) is 6.61. The number of hydrogen-bond acceptors (Lipinski definition) is 5. The van der Waals surface area contributed by atoms with Crippen LogP contribution in [0.25, 0.3) is 0 Å². The van der Waals surface area contributed by atoms with Crippen molar-refractivity contribution in [2.24, 2.45) is 28.6 Å². The predicted octanol–water partition coefficient (Wildman–Crippen LogP) is 2.88. The highest BCUT2D eigenvalue weighted by Gasteiger charge is 2.75. The van der Waals surface area contributed by atoms with Gasteiger partial charge in [0.25, 0.3) is 0 Å². The number of aliphatic hydroxyl groups excluding tert-OH is 1. The Bertz CT molecular complexity index is 892. The minimum absolute atomic E-state index is 0.0696.